The number of carbonyl (C=O) groups excluding carboxylic acids is 2. The minimum atomic E-state index is -0.0566. The van der Waals surface area contributed by atoms with Gasteiger partial charge >= 0.3 is 192 Å². The molecule has 2 nitrogen and oxygen atoms in total. The molecule has 5 atom stereocenters. The quantitative estimate of drug-likeness (QED) is 0.220. The van der Waals surface area contributed by atoms with Crippen LogP contribution >= 0.6 is 0 Å². The number of carbonyl (C=O) groups is 2. The summed E-state index contributed by atoms with van der Waals surface area (Å²) in [7, 11) is 0. The van der Waals surface area contributed by atoms with E-state index in [9.17, 15) is 9.59 Å². The van der Waals surface area contributed by atoms with Crippen LogP contribution in [0.2, 0.25) is 7.36 Å². The van der Waals surface area contributed by atoms with Gasteiger partial charge in [0, 0.05) is 0 Å². The Bertz CT molecular complexity index is 666. The van der Waals surface area contributed by atoms with E-state index in [0.717, 1.165) is 15.9 Å². The zero-order chi connectivity index (χ0) is 19.5. The van der Waals surface area contributed by atoms with E-state index < -0.39 is 0 Å². The van der Waals surface area contributed by atoms with Gasteiger partial charge in [-0.25, -0.2) is 0 Å². The van der Waals surface area contributed by atoms with Gasteiger partial charge in [-0.3, -0.25) is 0 Å². The van der Waals surface area contributed by atoms with Gasteiger partial charge in [0.2, 0.25) is 0 Å². The average Bonchev–Trinajstić information content (AvgIpc) is 2.61. The topological polar surface area (TPSA) is 34.1 Å². The molecule has 0 fully saturated rings. The van der Waals surface area contributed by atoms with Crippen LogP contribution in [0.5, 0.6) is 0 Å². The van der Waals surface area contributed by atoms with E-state index in [0.29, 0.717) is 63.9 Å². The molecule has 0 heterocycles. The summed E-state index contributed by atoms with van der Waals surface area (Å²) in [5.74, 6) is 1.24. The standard InChI is InChI=1S/C22H28O2.2Hg/c1-15-10-9-13-22(4,5)20(15)19(23)14-16(2)17(3)21(24)18-11-7-6-8-12-18;;/h6-12,14-17,20H,2,13H2,1,3-5H3;;/t15?,16-,17+,20?;;/m0../s1. The molecule has 1 aromatic carbocycles. The summed E-state index contributed by atoms with van der Waals surface area (Å²) in [6, 6.07) is 9.59. The SMILES string of the molecule is CC1C=CCC(C)(C)C1C(=O)[CH]([Hg])[C@H]([CH2][Hg])[C@@H](C)C(=O)c1ccccc1. The molecule has 0 aliphatic heterocycles. The van der Waals surface area contributed by atoms with Crippen LogP contribution in [-0.4, -0.2) is 11.6 Å². The number of allylic oxidation sites excluding steroid dienone is 2. The molecule has 0 amide bonds. The summed E-state index contributed by atoms with van der Waals surface area (Å²) in [6.45, 7) is 8.69. The molecule has 0 saturated heterocycles. The molecule has 0 N–H and O–H groups in total. The van der Waals surface area contributed by atoms with Gasteiger partial charge in [-0.05, 0) is 0 Å². The number of hydrogen-bond donors (Lipinski definition) is 0. The zero-order valence-electron chi connectivity index (χ0n) is 16.6. The van der Waals surface area contributed by atoms with Gasteiger partial charge in [0.25, 0.3) is 0 Å². The van der Waals surface area contributed by atoms with Crippen molar-refractivity contribution in [3.63, 3.8) is 0 Å². The van der Waals surface area contributed by atoms with E-state index in [1.54, 1.807) is 0 Å². The molecule has 0 radical (unpaired) electrons. The molecule has 0 bridgehead atoms. The first-order chi connectivity index (χ1) is 12.2. The molecule has 0 spiro atoms. The third kappa shape index (κ3) is 4.96. The summed E-state index contributed by atoms with van der Waals surface area (Å²) in [5.41, 5.74) is 0.810. The Morgan fingerprint density at radius 2 is 1.85 bits per heavy atom. The van der Waals surface area contributed by atoms with Crippen molar-refractivity contribution in [3.05, 3.63) is 48.0 Å². The second kappa shape index (κ2) is 9.58. The Kier molecular flexibility index (Phi) is 8.28. The first kappa shape index (κ1) is 22.5. The molecule has 1 aliphatic carbocycles. The molecule has 1 aromatic rings. The van der Waals surface area contributed by atoms with Gasteiger partial charge in [0.15, 0.2) is 0 Å². The van der Waals surface area contributed by atoms with Crippen LogP contribution in [-0.2, 0) is 57.0 Å². The van der Waals surface area contributed by atoms with E-state index in [1.807, 2.05) is 30.3 Å². The number of rotatable bonds is 7. The van der Waals surface area contributed by atoms with Crippen LogP contribution in [0.4, 0.5) is 0 Å². The maximum absolute atomic E-state index is 13.5. The summed E-state index contributed by atoms with van der Waals surface area (Å²) >= 11 is 0.930. The van der Waals surface area contributed by atoms with Crippen LogP contribution in [0.25, 0.3) is 0 Å². The van der Waals surface area contributed by atoms with Crippen molar-refractivity contribution in [2.24, 2.45) is 29.1 Å². The van der Waals surface area contributed by atoms with Crippen molar-refractivity contribution >= 4 is 11.6 Å². The monoisotopic (exact) mass is 728 g/mol. The van der Waals surface area contributed by atoms with Crippen molar-refractivity contribution in [1.82, 2.24) is 0 Å². The van der Waals surface area contributed by atoms with Crippen LogP contribution < -0.4 is 0 Å². The molecule has 3 unspecified atom stereocenters. The molecule has 26 heavy (non-hydrogen) atoms. The van der Waals surface area contributed by atoms with Crippen LogP contribution in [0.3, 0.4) is 0 Å². The zero-order valence-corrected chi connectivity index (χ0v) is 27.6. The second-order valence-corrected chi connectivity index (χ2v) is 14.1. The Hall–Kier alpha value is 0.170. The van der Waals surface area contributed by atoms with E-state index in [1.165, 1.54) is 0 Å². The molecule has 0 saturated carbocycles. The molecule has 132 valence electrons. The molecular formula is C22H28Hg2O2. The second-order valence-electron chi connectivity index (χ2n) is 8.44. The van der Waals surface area contributed by atoms with Gasteiger partial charge in [0.1, 0.15) is 0 Å². The van der Waals surface area contributed by atoms with Crippen molar-refractivity contribution in [1.29, 1.82) is 0 Å². The van der Waals surface area contributed by atoms with Gasteiger partial charge < -0.3 is 0 Å². The Balaban J connectivity index is 2.22. The molecule has 4 heteroatoms. The third-order valence-corrected chi connectivity index (χ3v) is 12.6. The number of benzene rings is 1. The van der Waals surface area contributed by atoms with E-state index in [4.69, 9.17) is 0 Å². The van der Waals surface area contributed by atoms with Crippen LogP contribution in [0.15, 0.2) is 42.5 Å². The number of hydrogen-bond acceptors (Lipinski definition) is 2. The van der Waals surface area contributed by atoms with Gasteiger partial charge in [0.05, 0.1) is 0 Å². The number of ketones is 2. The fraction of sp³-hybridized carbons (Fsp3) is 0.545. The summed E-state index contributed by atoms with van der Waals surface area (Å²) < 4.78 is 1.21. The van der Waals surface area contributed by atoms with Gasteiger partial charge in [-0.15, -0.1) is 0 Å². The normalized spacial score (nSPS) is 25.4. The molecule has 0 aromatic heterocycles. The molecule has 1 aliphatic rings. The van der Waals surface area contributed by atoms with Gasteiger partial charge in [-0.2, -0.15) is 0 Å². The molecule has 2 rings (SSSR count). The first-order valence-corrected chi connectivity index (χ1v) is 16.7. The van der Waals surface area contributed by atoms with Crippen molar-refractivity contribution in [2.45, 2.75) is 41.5 Å². The van der Waals surface area contributed by atoms with Crippen molar-refractivity contribution < 1.29 is 61.8 Å². The number of Topliss-reactive ketones (excluding diaryl/α,β-unsaturated/α-hetero) is 2. The minimum absolute atomic E-state index is 0.0236. The van der Waals surface area contributed by atoms with E-state index in [2.05, 4.69) is 39.8 Å². The Morgan fingerprint density at radius 1 is 1.23 bits per heavy atom. The van der Waals surface area contributed by atoms with E-state index in [-0.39, 0.29) is 32.4 Å². The predicted octanol–water partition coefficient (Wildman–Crippen LogP) is 5.23. The van der Waals surface area contributed by atoms with Crippen molar-refractivity contribution in [3.8, 4) is 0 Å². The van der Waals surface area contributed by atoms with Crippen molar-refractivity contribution in [2.75, 3.05) is 0 Å². The average molecular weight is 726 g/mol. The summed E-state index contributed by atoms with van der Waals surface area (Å²) in [6.07, 6.45) is 5.42. The fourth-order valence-corrected chi connectivity index (χ4v) is 18.6. The summed E-state index contributed by atoms with van der Waals surface area (Å²) in [5, 5.41) is 0. The fourth-order valence-electron chi connectivity index (χ4n) is 4.48. The first-order valence-electron chi connectivity index (χ1n) is 9.62. The third-order valence-electron chi connectivity index (χ3n) is 6.09. The predicted molar refractivity (Wildman–Crippen MR) is 97.2 cm³/mol. The Morgan fingerprint density at radius 3 is 2.38 bits per heavy atom. The van der Waals surface area contributed by atoms with E-state index >= 15 is 0 Å². The molecular weight excluding hydrogens is 697 g/mol. The Labute approximate surface area is 190 Å². The van der Waals surface area contributed by atoms with Crippen LogP contribution in [0.1, 0.15) is 44.5 Å². The summed E-state index contributed by atoms with van der Waals surface area (Å²) in [4.78, 5) is 26.5. The van der Waals surface area contributed by atoms with Crippen LogP contribution in [0, 0.1) is 29.1 Å². The van der Waals surface area contributed by atoms with Gasteiger partial charge in [-0.1, -0.05) is 0 Å². The maximum atomic E-state index is 13.5.